The highest BCUT2D eigenvalue weighted by molar-refractivity contribution is 7.22. The summed E-state index contributed by atoms with van der Waals surface area (Å²) in [6.45, 7) is 5.25. The van der Waals surface area contributed by atoms with Crippen molar-refractivity contribution in [1.82, 2.24) is 10.3 Å². The molecule has 1 aromatic heterocycles. The molecule has 5 nitrogen and oxygen atoms in total. The van der Waals surface area contributed by atoms with Crippen molar-refractivity contribution < 1.29 is 9.53 Å². The summed E-state index contributed by atoms with van der Waals surface area (Å²) in [5.74, 6) is 7.28. The lowest BCUT2D eigenvalue weighted by atomic mass is 9.99. The Morgan fingerprint density at radius 3 is 3.17 bits per heavy atom. The van der Waals surface area contributed by atoms with E-state index in [4.69, 9.17) is 9.72 Å². The van der Waals surface area contributed by atoms with Gasteiger partial charge in [-0.3, -0.25) is 4.90 Å². The van der Waals surface area contributed by atoms with Gasteiger partial charge in [0.1, 0.15) is 11.8 Å². The number of amides is 2. The Morgan fingerprint density at radius 2 is 2.35 bits per heavy atom. The first-order chi connectivity index (χ1) is 11.2. The van der Waals surface area contributed by atoms with Gasteiger partial charge in [-0.1, -0.05) is 24.2 Å². The summed E-state index contributed by atoms with van der Waals surface area (Å²) in [6, 6.07) is 3.75. The number of nitrogens with zero attached hydrogens (tertiary/aromatic N) is 2. The highest BCUT2D eigenvalue weighted by Crippen LogP contribution is 2.38. The maximum absolute atomic E-state index is 12.4. The van der Waals surface area contributed by atoms with Gasteiger partial charge in [0.05, 0.1) is 16.8 Å². The first-order valence-corrected chi connectivity index (χ1v) is 8.55. The molecule has 0 spiro atoms. The molecule has 2 atom stereocenters. The minimum absolute atomic E-state index is 0.122. The van der Waals surface area contributed by atoms with Crippen LogP contribution in [-0.2, 0) is 6.42 Å². The van der Waals surface area contributed by atoms with Crippen LogP contribution in [-0.4, -0.2) is 30.2 Å². The Labute approximate surface area is 138 Å². The molecule has 23 heavy (non-hydrogen) atoms. The molecule has 2 aliphatic rings. The summed E-state index contributed by atoms with van der Waals surface area (Å²) in [4.78, 5) is 18.9. The van der Waals surface area contributed by atoms with E-state index in [0.29, 0.717) is 18.3 Å². The van der Waals surface area contributed by atoms with Crippen LogP contribution in [0.3, 0.4) is 0 Å². The summed E-state index contributed by atoms with van der Waals surface area (Å²) in [5, 5.41) is 3.63. The number of fused-ring (bicyclic) bond motifs is 3. The monoisotopic (exact) mass is 327 g/mol. The van der Waals surface area contributed by atoms with Gasteiger partial charge in [0, 0.05) is 24.4 Å². The van der Waals surface area contributed by atoms with Gasteiger partial charge in [0.25, 0.3) is 0 Å². The topological polar surface area (TPSA) is 54.5 Å². The van der Waals surface area contributed by atoms with Gasteiger partial charge >= 0.3 is 6.03 Å². The van der Waals surface area contributed by atoms with Crippen LogP contribution < -0.4 is 15.0 Å². The second kappa shape index (κ2) is 5.43. The number of ether oxygens (including phenoxy) is 1. The van der Waals surface area contributed by atoms with Crippen molar-refractivity contribution in [3.8, 4) is 17.6 Å². The molecule has 1 saturated heterocycles. The van der Waals surface area contributed by atoms with Crippen LogP contribution in [0.1, 0.15) is 19.4 Å². The molecule has 0 saturated carbocycles. The van der Waals surface area contributed by atoms with Gasteiger partial charge in [-0.15, -0.1) is 5.92 Å². The van der Waals surface area contributed by atoms with Crippen molar-refractivity contribution in [2.75, 3.05) is 18.1 Å². The van der Waals surface area contributed by atoms with Crippen molar-refractivity contribution in [2.45, 2.75) is 26.3 Å². The van der Waals surface area contributed by atoms with Gasteiger partial charge in [0.15, 0.2) is 5.13 Å². The number of nitrogens with one attached hydrogen (secondary N) is 1. The molecule has 0 aliphatic carbocycles. The second-order valence-electron chi connectivity index (χ2n) is 5.86. The molecule has 2 aliphatic heterocycles. The minimum Gasteiger partial charge on any atom is -0.493 e. The third kappa shape index (κ3) is 2.23. The molecule has 2 aromatic rings. The molecule has 6 heteroatoms. The Hall–Kier alpha value is -2.26. The lowest BCUT2D eigenvalue weighted by Crippen LogP contribution is -2.56. The quantitative estimate of drug-likeness (QED) is 0.820. The van der Waals surface area contributed by atoms with E-state index in [9.17, 15) is 4.79 Å². The summed E-state index contributed by atoms with van der Waals surface area (Å²) in [6.07, 6.45) is 0.872. The molecule has 1 N–H and O–H groups in total. The fourth-order valence-corrected chi connectivity index (χ4v) is 4.18. The molecule has 1 aromatic carbocycles. The first kappa shape index (κ1) is 14.3. The summed E-state index contributed by atoms with van der Waals surface area (Å²) in [5.41, 5.74) is 2.10. The zero-order chi connectivity index (χ0) is 16.0. The first-order valence-electron chi connectivity index (χ1n) is 7.73. The molecule has 4 rings (SSSR count). The van der Waals surface area contributed by atoms with E-state index in [0.717, 1.165) is 28.0 Å². The number of aromatic nitrogens is 1. The average molecular weight is 327 g/mol. The highest BCUT2D eigenvalue weighted by Gasteiger charge is 2.35. The SMILES string of the molecule is CC#C[C@H]1[C@H](C)CNC(=O)N1c1nc2c3c(ccc2s1)OCC3. The molecule has 118 valence electrons. The molecular weight excluding hydrogens is 310 g/mol. The fraction of sp³-hybridized carbons (Fsp3) is 0.412. The van der Waals surface area contributed by atoms with E-state index in [1.165, 1.54) is 11.3 Å². The highest BCUT2D eigenvalue weighted by atomic mass is 32.1. The van der Waals surface area contributed by atoms with Crippen LogP contribution in [0.5, 0.6) is 5.75 Å². The van der Waals surface area contributed by atoms with E-state index in [1.807, 2.05) is 12.1 Å². The number of rotatable bonds is 1. The number of carbonyl (C=O) groups excluding carboxylic acids is 1. The normalized spacial score (nSPS) is 23.0. The van der Waals surface area contributed by atoms with Crippen LogP contribution >= 0.6 is 11.3 Å². The van der Waals surface area contributed by atoms with Crippen molar-refractivity contribution in [3.63, 3.8) is 0 Å². The van der Waals surface area contributed by atoms with Crippen LogP contribution in [0.15, 0.2) is 12.1 Å². The van der Waals surface area contributed by atoms with Crippen LogP contribution in [0.2, 0.25) is 0 Å². The van der Waals surface area contributed by atoms with E-state index >= 15 is 0 Å². The van der Waals surface area contributed by atoms with E-state index in [-0.39, 0.29) is 18.0 Å². The molecular formula is C17H17N3O2S. The predicted molar refractivity (Wildman–Crippen MR) is 91.1 cm³/mol. The smallest absolute Gasteiger partial charge is 0.324 e. The van der Waals surface area contributed by atoms with Crippen LogP contribution in [0.25, 0.3) is 10.2 Å². The maximum atomic E-state index is 12.4. The number of hydrogen-bond donors (Lipinski definition) is 1. The van der Waals surface area contributed by atoms with Crippen LogP contribution in [0.4, 0.5) is 9.93 Å². The summed E-state index contributed by atoms with van der Waals surface area (Å²) >= 11 is 1.54. The van der Waals surface area contributed by atoms with Crippen LogP contribution in [0, 0.1) is 17.8 Å². The number of carbonyl (C=O) groups is 1. The zero-order valence-corrected chi connectivity index (χ0v) is 13.9. The standard InChI is InChI=1S/C17H17N3O2S/c1-3-4-12-10(2)9-18-16(21)20(12)17-19-15-11-7-8-22-13(11)5-6-14(15)23-17/h5-6,10,12H,7-9H2,1-2H3,(H,18,21)/t10-,12+/m1/s1. The Balaban J connectivity index is 1.83. The Morgan fingerprint density at radius 1 is 1.48 bits per heavy atom. The van der Waals surface area contributed by atoms with Gasteiger partial charge < -0.3 is 10.1 Å². The predicted octanol–water partition coefficient (Wildman–Crippen LogP) is 2.79. The van der Waals surface area contributed by atoms with E-state index in [1.54, 1.807) is 11.8 Å². The Kier molecular flexibility index (Phi) is 3.38. The molecule has 2 amide bonds. The van der Waals surface area contributed by atoms with Gasteiger partial charge in [-0.25, -0.2) is 9.78 Å². The lowest BCUT2D eigenvalue weighted by molar-refractivity contribution is 0.234. The largest absolute Gasteiger partial charge is 0.493 e. The maximum Gasteiger partial charge on any atom is 0.324 e. The van der Waals surface area contributed by atoms with Crippen molar-refractivity contribution in [3.05, 3.63) is 17.7 Å². The minimum atomic E-state index is -0.140. The zero-order valence-electron chi connectivity index (χ0n) is 13.0. The average Bonchev–Trinajstić information content (AvgIpc) is 3.16. The number of urea groups is 1. The number of benzene rings is 1. The van der Waals surface area contributed by atoms with Crippen molar-refractivity contribution in [2.24, 2.45) is 5.92 Å². The molecule has 0 unspecified atom stereocenters. The summed E-state index contributed by atoms with van der Waals surface area (Å²) < 4.78 is 6.69. The molecule has 1 fully saturated rings. The second-order valence-corrected chi connectivity index (χ2v) is 6.87. The van der Waals surface area contributed by atoms with Gasteiger partial charge in [-0.2, -0.15) is 0 Å². The van der Waals surface area contributed by atoms with Gasteiger partial charge in [0.2, 0.25) is 0 Å². The fourth-order valence-electron chi connectivity index (χ4n) is 3.15. The number of hydrogen-bond acceptors (Lipinski definition) is 4. The molecule has 3 heterocycles. The van der Waals surface area contributed by atoms with E-state index in [2.05, 4.69) is 24.1 Å². The number of thiazole rings is 1. The van der Waals surface area contributed by atoms with Gasteiger partial charge in [-0.05, 0) is 19.1 Å². The van der Waals surface area contributed by atoms with Crippen molar-refractivity contribution in [1.29, 1.82) is 0 Å². The molecule has 0 radical (unpaired) electrons. The number of anilines is 1. The lowest BCUT2D eigenvalue weighted by Gasteiger charge is -2.35. The van der Waals surface area contributed by atoms with Crippen molar-refractivity contribution >= 4 is 32.7 Å². The Bertz CT molecular complexity index is 849. The summed E-state index contributed by atoms with van der Waals surface area (Å²) in [7, 11) is 0. The van der Waals surface area contributed by atoms with E-state index < -0.39 is 0 Å². The molecule has 0 bridgehead atoms. The third-order valence-corrected chi connectivity index (χ3v) is 5.35. The third-order valence-electron chi connectivity index (χ3n) is 4.33.